The van der Waals surface area contributed by atoms with Gasteiger partial charge in [-0.3, -0.25) is 0 Å². The molecule has 25 heavy (non-hydrogen) atoms. The molecule has 0 saturated heterocycles. The number of alkyl halides is 6. The summed E-state index contributed by atoms with van der Waals surface area (Å²) in [5.74, 6) is -1.89. The lowest BCUT2D eigenvalue weighted by Crippen LogP contribution is -2.32. The van der Waals surface area contributed by atoms with E-state index in [1.807, 2.05) is 0 Å². The zero-order valence-corrected chi connectivity index (χ0v) is 13.2. The first-order chi connectivity index (χ1) is 11.2. The Hall–Kier alpha value is -1.73. The van der Waals surface area contributed by atoms with Crippen LogP contribution in [0, 0.1) is 0 Å². The van der Waals surface area contributed by atoms with E-state index >= 15 is 0 Å². The van der Waals surface area contributed by atoms with Crippen LogP contribution in [0.15, 0.2) is 33.6 Å². The highest BCUT2D eigenvalue weighted by atomic mass is 32.2. The third kappa shape index (κ3) is 4.46. The second-order valence-electron chi connectivity index (χ2n) is 4.63. The maximum absolute atomic E-state index is 12.9. The average molecular weight is 408 g/mol. The number of carboxylic acids is 1. The van der Waals surface area contributed by atoms with Gasteiger partial charge in [-0.1, -0.05) is 0 Å². The second-order valence-corrected chi connectivity index (χ2v) is 7.32. The first-order valence-electron chi connectivity index (χ1n) is 6.05. The normalized spacial score (nSPS) is 18.5. The molecule has 0 saturated carbocycles. The van der Waals surface area contributed by atoms with Crippen molar-refractivity contribution in [3.05, 3.63) is 29.3 Å². The van der Waals surface area contributed by atoms with Crippen LogP contribution >= 0.6 is 11.8 Å². The molecule has 1 aliphatic rings. The van der Waals surface area contributed by atoms with E-state index in [0.717, 1.165) is 6.07 Å². The van der Waals surface area contributed by atoms with Crippen molar-refractivity contribution >= 4 is 33.9 Å². The van der Waals surface area contributed by atoms with Crippen LogP contribution in [0.4, 0.5) is 26.3 Å². The lowest BCUT2D eigenvalue weighted by molar-refractivity contribution is -0.271. The first-order valence-corrected chi connectivity index (χ1v) is 8.34. The molecule has 1 unspecified atom stereocenters. The number of carboxylic acid groups (broad SMARTS) is 1. The minimum absolute atomic E-state index is 0.101. The molecule has 0 amide bonds. The van der Waals surface area contributed by atoms with Crippen molar-refractivity contribution < 1.29 is 48.8 Å². The molecule has 2 rings (SSSR count). The molecule has 0 spiro atoms. The smallest absolute Gasteiger partial charge is 0.478 e. The van der Waals surface area contributed by atoms with E-state index in [9.17, 15) is 39.6 Å². The Morgan fingerprint density at radius 1 is 1.16 bits per heavy atom. The molecule has 0 radical (unpaired) electrons. The fourth-order valence-electron chi connectivity index (χ4n) is 1.93. The minimum atomic E-state index is -5.49. The van der Waals surface area contributed by atoms with Crippen molar-refractivity contribution in [3.8, 4) is 0 Å². The molecule has 0 aliphatic carbocycles. The number of thioether (sulfide) groups is 1. The highest BCUT2D eigenvalue weighted by Crippen LogP contribution is 2.45. The fraction of sp³-hybridized carbons (Fsp3) is 0.250. The molecule has 138 valence electrons. The number of rotatable bonds is 3. The van der Waals surface area contributed by atoms with Crippen LogP contribution < -0.4 is 0 Å². The third-order valence-corrected chi connectivity index (χ3v) is 5.48. The van der Waals surface area contributed by atoms with Crippen LogP contribution in [-0.2, 0) is 19.1 Å². The van der Waals surface area contributed by atoms with Crippen molar-refractivity contribution in [2.75, 3.05) is 0 Å². The van der Waals surface area contributed by atoms with Crippen LogP contribution in [0.25, 0.3) is 6.08 Å². The van der Waals surface area contributed by atoms with Gasteiger partial charge in [-0.2, -0.15) is 25.8 Å². The van der Waals surface area contributed by atoms with Crippen molar-refractivity contribution in [2.24, 2.45) is 0 Å². The number of hydrogen-bond donors (Lipinski definition) is 1. The number of carbonyl (C=O) groups is 1. The predicted molar refractivity (Wildman–Crippen MR) is 72.1 cm³/mol. The molecule has 1 atom stereocenters. The molecule has 0 bridgehead atoms. The maximum Gasteiger partial charge on any atom is 0.537 e. The van der Waals surface area contributed by atoms with Gasteiger partial charge in [-0.05, 0) is 29.8 Å². The van der Waals surface area contributed by atoms with Crippen molar-refractivity contribution in [1.82, 2.24) is 0 Å². The molecule has 1 aromatic rings. The number of hydrogen-bond acceptors (Lipinski definition) is 5. The van der Waals surface area contributed by atoms with Gasteiger partial charge in [0.1, 0.15) is 5.25 Å². The molecule has 13 heteroatoms. The van der Waals surface area contributed by atoms with E-state index in [0.29, 0.717) is 18.2 Å². The summed E-state index contributed by atoms with van der Waals surface area (Å²) < 4.78 is 101. The number of benzene rings is 1. The summed E-state index contributed by atoms with van der Waals surface area (Å²) in [6.45, 7) is 0. The number of aliphatic carboxylic acids is 1. The van der Waals surface area contributed by atoms with Crippen LogP contribution in [0.1, 0.15) is 5.56 Å². The van der Waals surface area contributed by atoms with Crippen LogP contribution in [0.3, 0.4) is 0 Å². The molecule has 1 aliphatic heterocycles. The van der Waals surface area contributed by atoms with Gasteiger partial charge in [0.2, 0.25) is 0 Å². The zero-order chi connectivity index (χ0) is 19.2. The predicted octanol–water partition coefficient (Wildman–Crippen LogP) is 3.42. The quantitative estimate of drug-likeness (QED) is 0.610. The molecule has 1 N–H and O–H groups in total. The Bertz CT molecular complexity index is 841. The molecule has 5 nitrogen and oxygen atoms in total. The Kier molecular flexibility index (Phi) is 4.87. The summed E-state index contributed by atoms with van der Waals surface area (Å²) >= 11 is 0.101. The standard InChI is InChI=1S/C12H6F6O5S2/c13-11(14,15)9-7(10(19)20)4-5-3-6(1-2-8(5)24-9)25(21,22)23-12(16,17)18/h1-4,9H,(H,19,20). The van der Waals surface area contributed by atoms with Gasteiger partial charge >= 0.3 is 28.6 Å². The highest BCUT2D eigenvalue weighted by Gasteiger charge is 2.47. The maximum atomic E-state index is 12.9. The minimum Gasteiger partial charge on any atom is -0.478 e. The van der Waals surface area contributed by atoms with Gasteiger partial charge in [-0.25, -0.2) is 4.79 Å². The van der Waals surface area contributed by atoms with Gasteiger partial charge in [-0.15, -0.1) is 24.9 Å². The van der Waals surface area contributed by atoms with Crippen molar-refractivity contribution in [3.63, 3.8) is 0 Å². The topological polar surface area (TPSA) is 80.7 Å². The monoisotopic (exact) mass is 408 g/mol. The van der Waals surface area contributed by atoms with E-state index in [1.54, 1.807) is 0 Å². The van der Waals surface area contributed by atoms with E-state index in [2.05, 4.69) is 4.18 Å². The largest absolute Gasteiger partial charge is 0.537 e. The summed E-state index contributed by atoms with van der Waals surface area (Å²) in [5.41, 5.74) is -1.36. The van der Waals surface area contributed by atoms with Gasteiger partial charge in [0, 0.05) is 4.90 Å². The van der Waals surface area contributed by atoms with Crippen LogP contribution in [0.5, 0.6) is 0 Å². The molecular weight excluding hydrogens is 402 g/mol. The Labute approximate surface area is 140 Å². The highest BCUT2D eigenvalue weighted by molar-refractivity contribution is 8.00. The molecular formula is C12H6F6O5S2. The Morgan fingerprint density at radius 3 is 2.24 bits per heavy atom. The van der Waals surface area contributed by atoms with Crippen molar-refractivity contribution in [1.29, 1.82) is 0 Å². The molecule has 0 aromatic heterocycles. The van der Waals surface area contributed by atoms with Gasteiger partial charge in [0.05, 0.1) is 10.5 Å². The van der Waals surface area contributed by atoms with Crippen LogP contribution in [0.2, 0.25) is 0 Å². The van der Waals surface area contributed by atoms with E-state index < -0.39 is 44.3 Å². The summed E-state index contributed by atoms with van der Waals surface area (Å²) in [6.07, 6.45) is -9.82. The summed E-state index contributed by atoms with van der Waals surface area (Å²) in [7, 11) is -5.26. The third-order valence-electron chi connectivity index (χ3n) is 2.86. The SMILES string of the molecule is O=C(O)C1=Cc2cc(S(=O)(=O)OC(F)(F)F)ccc2SC1C(F)(F)F. The molecule has 1 heterocycles. The lowest BCUT2D eigenvalue weighted by atomic mass is 10.1. The summed E-state index contributed by atoms with van der Waals surface area (Å²) in [5, 5.41) is 6.51. The average Bonchev–Trinajstić information content (AvgIpc) is 2.41. The Balaban J connectivity index is 2.51. The molecule has 0 fully saturated rings. The summed E-state index contributed by atoms with van der Waals surface area (Å²) in [6, 6.07) is 2.10. The van der Waals surface area contributed by atoms with E-state index in [1.165, 1.54) is 0 Å². The summed E-state index contributed by atoms with van der Waals surface area (Å²) in [4.78, 5) is 9.90. The second kappa shape index (κ2) is 6.21. The van der Waals surface area contributed by atoms with Crippen LogP contribution in [-0.4, -0.2) is 37.3 Å². The Morgan fingerprint density at radius 2 is 1.76 bits per heavy atom. The van der Waals surface area contributed by atoms with Gasteiger partial charge in [0.15, 0.2) is 0 Å². The lowest BCUT2D eigenvalue weighted by Gasteiger charge is -2.25. The van der Waals surface area contributed by atoms with Gasteiger partial charge in [0.25, 0.3) is 0 Å². The first kappa shape index (κ1) is 19.6. The van der Waals surface area contributed by atoms with Gasteiger partial charge < -0.3 is 5.11 Å². The number of halogens is 6. The fourth-order valence-corrected chi connectivity index (χ4v) is 3.86. The van der Waals surface area contributed by atoms with Crippen molar-refractivity contribution in [2.45, 2.75) is 27.6 Å². The molecule has 1 aromatic carbocycles. The zero-order valence-electron chi connectivity index (χ0n) is 11.6. The van der Waals surface area contributed by atoms with E-state index in [4.69, 9.17) is 5.11 Å². The van der Waals surface area contributed by atoms with E-state index in [-0.39, 0.29) is 22.2 Å². The number of fused-ring (bicyclic) bond motifs is 1.